The minimum Gasteiger partial charge on any atom is -0.0895 e. The Bertz CT molecular complexity index is 1200. The third kappa shape index (κ3) is 3.30. The maximum atomic E-state index is 2.39. The molecule has 0 spiro atoms. The van der Waals surface area contributed by atoms with Gasteiger partial charge in [0.15, 0.2) is 0 Å². The molecule has 0 aliphatic carbocycles. The summed E-state index contributed by atoms with van der Waals surface area (Å²) in [6.07, 6.45) is 0.987. The topological polar surface area (TPSA) is 0 Å². The van der Waals surface area contributed by atoms with Crippen LogP contribution in [0.1, 0.15) is 27.8 Å². The minimum absolute atomic E-state index is 0.987. The van der Waals surface area contributed by atoms with Gasteiger partial charge < -0.3 is 0 Å². The number of hydrogen-bond donors (Lipinski definition) is 0. The van der Waals surface area contributed by atoms with Crippen molar-refractivity contribution in [3.63, 3.8) is 0 Å². The summed E-state index contributed by atoms with van der Waals surface area (Å²) in [5.74, 6) is 0. The van der Waals surface area contributed by atoms with E-state index >= 15 is 0 Å². The van der Waals surface area contributed by atoms with Gasteiger partial charge in [0.25, 0.3) is 0 Å². The lowest BCUT2D eigenvalue weighted by Gasteiger charge is -2.26. The molecule has 0 atom stereocenters. The van der Waals surface area contributed by atoms with Gasteiger partial charge in [-0.2, -0.15) is 0 Å². The van der Waals surface area contributed by atoms with E-state index in [1.807, 2.05) is 11.8 Å². The zero-order chi connectivity index (χ0) is 20.0. The van der Waals surface area contributed by atoms with Gasteiger partial charge in [0, 0.05) is 16.2 Å². The molecular formula is C28H24S. The molecule has 29 heavy (non-hydrogen) atoms. The van der Waals surface area contributed by atoms with Gasteiger partial charge in [-0.25, -0.2) is 0 Å². The van der Waals surface area contributed by atoms with E-state index in [9.17, 15) is 0 Å². The smallest absolute Gasteiger partial charge is 0.0167 e. The van der Waals surface area contributed by atoms with E-state index < -0.39 is 0 Å². The minimum atomic E-state index is 0.987. The molecule has 0 aromatic heterocycles. The van der Waals surface area contributed by atoms with Crippen molar-refractivity contribution in [1.29, 1.82) is 0 Å². The number of benzene rings is 4. The highest BCUT2D eigenvalue weighted by Gasteiger charge is 2.24. The van der Waals surface area contributed by atoms with Crippen LogP contribution in [0.3, 0.4) is 0 Å². The lowest BCUT2D eigenvalue weighted by atomic mass is 9.85. The van der Waals surface area contributed by atoms with Crippen molar-refractivity contribution < 1.29 is 0 Å². The summed E-state index contributed by atoms with van der Waals surface area (Å²) < 4.78 is 0. The monoisotopic (exact) mass is 392 g/mol. The third-order valence-corrected chi connectivity index (χ3v) is 7.03. The van der Waals surface area contributed by atoms with Gasteiger partial charge in [-0.15, -0.1) is 0 Å². The van der Waals surface area contributed by atoms with Crippen LogP contribution in [0.4, 0.5) is 0 Å². The summed E-state index contributed by atoms with van der Waals surface area (Å²) >= 11 is 1.91. The molecule has 142 valence electrons. The van der Waals surface area contributed by atoms with Gasteiger partial charge in [0.2, 0.25) is 0 Å². The van der Waals surface area contributed by atoms with E-state index in [0.717, 1.165) is 6.42 Å². The molecule has 0 unspecified atom stereocenters. The number of hydrogen-bond acceptors (Lipinski definition) is 1. The molecule has 0 N–H and O–H groups in total. The molecule has 0 amide bonds. The summed E-state index contributed by atoms with van der Waals surface area (Å²) in [7, 11) is 0. The van der Waals surface area contributed by atoms with Crippen LogP contribution >= 0.6 is 11.8 Å². The number of rotatable bonds is 2. The maximum absolute atomic E-state index is 2.39. The summed E-state index contributed by atoms with van der Waals surface area (Å²) in [6.45, 7) is 6.56. The molecule has 0 saturated heterocycles. The fourth-order valence-corrected chi connectivity index (χ4v) is 5.47. The van der Waals surface area contributed by atoms with Crippen LogP contribution in [-0.2, 0) is 6.42 Å². The first kappa shape index (κ1) is 18.3. The van der Waals surface area contributed by atoms with E-state index in [0.29, 0.717) is 0 Å². The molecule has 0 radical (unpaired) electrons. The highest BCUT2D eigenvalue weighted by Crippen LogP contribution is 2.48. The van der Waals surface area contributed by atoms with Gasteiger partial charge in [0.05, 0.1) is 0 Å². The van der Waals surface area contributed by atoms with E-state index in [1.165, 1.54) is 59.9 Å². The largest absolute Gasteiger partial charge is 0.0895 e. The van der Waals surface area contributed by atoms with Crippen LogP contribution in [0, 0.1) is 20.8 Å². The predicted octanol–water partition coefficient (Wildman–Crippen LogP) is 8.00. The summed E-state index contributed by atoms with van der Waals surface area (Å²) in [5, 5.41) is 0. The van der Waals surface area contributed by atoms with Gasteiger partial charge in [-0.05, 0) is 71.8 Å². The van der Waals surface area contributed by atoms with Crippen molar-refractivity contribution in [3.05, 3.63) is 107 Å². The molecule has 1 heterocycles. The first-order valence-electron chi connectivity index (χ1n) is 10.2. The Morgan fingerprint density at radius 3 is 1.86 bits per heavy atom. The first-order chi connectivity index (χ1) is 14.1. The van der Waals surface area contributed by atoms with Crippen LogP contribution < -0.4 is 0 Å². The maximum Gasteiger partial charge on any atom is 0.0167 e. The second-order valence-corrected chi connectivity index (χ2v) is 9.12. The summed E-state index contributed by atoms with van der Waals surface area (Å²) in [6, 6.07) is 29.2. The standard InChI is InChI=1S/C28H24S/c1-18-8-12-21(13-9-18)27-20(3)16-26-24(17-23-6-4-5-7-25(23)29-26)28(27)22-14-10-19(2)11-15-22/h4-16H,17H2,1-3H3. The molecule has 5 rings (SSSR count). The molecule has 1 heteroatoms. The number of fused-ring (bicyclic) bond motifs is 2. The second kappa shape index (κ2) is 7.24. The van der Waals surface area contributed by atoms with Crippen LogP contribution in [0.5, 0.6) is 0 Å². The lowest BCUT2D eigenvalue weighted by molar-refractivity contribution is 1.05. The van der Waals surface area contributed by atoms with Gasteiger partial charge >= 0.3 is 0 Å². The van der Waals surface area contributed by atoms with E-state index in [2.05, 4.69) is 99.6 Å². The third-order valence-electron chi connectivity index (χ3n) is 5.83. The van der Waals surface area contributed by atoms with Crippen molar-refractivity contribution in [2.45, 2.75) is 37.0 Å². The SMILES string of the molecule is Cc1ccc(-c2c(C)cc3c(c2-c2ccc(C)cc2)Cc2ccccc2S3)cc1. The van der Waals surface area contributed by atoms with E-state index in [1.54, 1.807) is 0 Å². The Morgan fingerprint density at radius 1 is 0.621 bits per heavy atom. The molecule has 1 aliphatic rings. The molecule has 4 aromatic rings. The van der Waals surface area contributed by atoms with Crippen LogP contribution in [0.15, 0.2) is 88.7 Å². The van der Waals surface area contributed by atoms with Crippen LogP contribution in [0.2, 0.25) is 0 Å². The van der Waals surface area contributed by atoms with Crippen molar-refractivity contribution in [1.82, 2.24) is 0 Å². The van der Waals surface area contributed by atoms with Crippen molar-refractivity contribution in [3.8, 4) is 22.3 Å². The highest BCUT2D eigenvalue weighted by molar-refractivity contribution is 7.99. The molecule has 0 bridgehead atoms. The average Bonchev–Trinajstić information content (AvgIpc) is 2.73. The van der Waals surface area contributed by atoms with Gasteiger partial charge in [-0.1, -0.05) is 89.6 Å². The molecule has 0 saturated carbocycles. The Balaban J connectivity index is 1.80. The Morgan fingerprint density at radius 2 is 1.21 bits per heavy atom. The second-order valence-electron chi connectivity index (χ2n) is 8.04. The molecule has 0 nitrogen and oxygen atoms in total. The van der Waals surface area contributed by atoms with E-state index in [-0.39, 0.29) is 0 Å². The lowest BCUT2D eigenvalue weighted by Crippen LogP contribution is -2.05. The normalized spacial score (nSPS) is 12.4. The highest BCUT2D eigenvalue weighted by atomic mass is 32.2. The molecule has 1 aliphatic heterocycles. The predicted molar refractivity (Wildman–Crippen MR) is 125 cm³/mol. The van der Waals surface area contributed by atoms with Crippen LogP contribution in [-0.4, -0.2) is 0 Å². The first-order valence-corrected chi connectivity index (χ1v) is 11.0. The Hall–Kier alpha value is -2.77. The van der Waals surface area contributed by atoms with Gasteiger partial charge in [0.1, 0.15) is 0 Å². The quantitative estimate of drug-likeness (QED) is 0.293. The fourth-order valence-electron chi connectivity index (χ4n) is 4.28. The average molecular weight is 393 g/mol. The molecular weight excluding hydrogens is 368 g/mol. The zero-order valence-electron chi connectivity index (χ0n) is 17.1. The van der Waals surface area contributed by atoms with Gasteiger partial charge in [-0.3, -0.25) is 0 Å². The summed E-state index contributed by atoms with van der Waals surface area (Å²) in [5.41, 5.74) is 12.2. The van der Waals surface area contributed by atoms with Crippen molar-refractivity contribution in [2.24, 2.45) is 0 Å². The van der Waals surface area contributed by atoms with Crippen LogP contribution in [0.25, 0.3) is 22.3 Å². The van der Waals surface area contributed by atoms with E-state index in [4.69, 9.17) is 0 Å². The van der Waals surface area contributed by atoms with Crippen molar-refractivity contribution >= 4 is 11.8 Å². The van der Waals surface area contributed by atoms with Crippen molar-refractivity contribution in [2.75, 3.05) is 0 Å². The molecule has 4 aromatic carbocycles. The Kier molecular flexibility index (Phi) is 4.56. The summed E-state index contributed by atoms with van der Waals surface area (Å²) in [4.78, 5) is 2.78. The Labute approximate surface area is 177 Å². The fraction of sp³-hybridized carbons (Fsp3) is 0.143. The number of aryl methyl sites for hydroxylation is 3. The zero-order valence-corrected chi connectivity index (χ0v) is 17.9. The molecule has 0 fully saturated rings.